The molecule has 0 aliphatic heterocycles. The van der Waals surface area contributed by atoms with Crippen LogP contribution in [0.1, 0.15) is 20.8 Å². The summed E-state index contributed by atoms with van der Waals surface area (Å²) in [5, 5.41) is 3.45. The lowest BCUT2D eigenvalue weighted by molar-refractivity contribution is 0.508. The Balaban J connectivity index is 2.82. The molecule has 0 aliphatic rings. The molecule has 0 unspecified atom stereocenters. The zero-order valence-electron chi connectivity index (χ0n) is 15.8. The molecule has 0 bridgehead atoms. The van der Waals surface area contributed by atoms with Crippen LogP contribution in [0.3, 0.4) is 0 Å². The van der Waals surface area contributed by atoms with Gasteiger partial charge in [-0.15, -0.1) is 0 Å². The second kappa shape index (κ2) is 6.54. The standard InChI is InChI=1S/C17H25NO5S2Si/c1-17(2,3)26(24(5,19)20,25(6,21)22)23-16-9-7-8-13-12-14(18-4)10-11-15(13)16/h7-12,18H,1-6H3. The predicted octanol–water partition coefficient (Wildman–Crippen LogP) is 3.09. The lowest BCUT2D eigenvalue weighted by atomic mass is 10.1. The Morgan fingerprint density at radius 1 is 0.962 bits per heavy atom. The fraction of sp³-hybridized carbons (Fsp3) is 0.412. The SMILES string of the molecule is CNc1ccc2c(O[Si](C(C)(C)C)(S(C)(=O)=O)S(C)(=O)=O)cccc2c1. The van der Waals surface area contributed by atoms with E-state index in [4.69, 9.17) is 4.43 Å². The van der Waals surface area contributed by atoms with Crippen LogP contribution in [0, 0.1) is 0 Å². The van der Waals surface area contributed by atoms with Crippen molar-refractivity contribution in [2.75, 3.05) is 24.9 Å². The van der Waals surface area contributed by atoms with Crippen molar-refractivity contribution in [2.24, 2.45) is 0 Å². The van der Waals surface area contributed by atoms with E-state index >= 15 is 0 Å². The molecule has 26 heavy (non-hydrogen) atoms. The first-order valence-electron chi connectivity index (χ1n) is 8.03. The van der Waals surface area contributed by atoms with Crippen LogP contribution in [0.4, 0.5) is 5.69 Å². The highest BCUT2D eigenvalue weighted by Crippen LogP contribution is 2.45. The van der Waals surface area contributed by atoms with Gasteiger partial charge in [0.15, 0.2) is 18.6 Å². The van der Waals surface area contributed by atoms with Crippen molar-refractivity contribution >= 4 is 41.6 Å². The van der Waals surface area contributed by atoms with E-state index in [1.54, 1.807) is 46.0 Å². The monoisotopic (exact) mass is 415 g/mol. The predicted molar refractivity (Wildman–Crippen MR) is 109 cm³/mol. The van der Waals surface area contributed by atoms with Gasteiger partial charge in [-0.2, -0.15) is 0 Å². The van der Waals surface area contributed by atoms with Gasteiger partial charge in [-0.3, -0.25) is 0 Å². The second-order valence-electron chi connectivity index (χ2n) is 7.39. The molecule has 0 spiro atoms. The Labute approximate surface area is 155 Å². The van der Waals surface area contributed by atoms with Crippen LogP contribution in [0.25, 0.3) is 10.8 Å². The van der Waals surface area contributed by atoms with Gasteiger partial charge in [-0.1, -0.05) is 32.9 Å². The molecule has 0 amide bonds. The first-order valence-corrected chi connectivity index (χ1v) is 15.2. The molecular formula is C17H25NO5S2Si. The highest BCUT2D eigenvalue weighted by atomic mass is 32.6. The summed E-state index contributed by atoms with van der Waals surface area (Å²) in [6, 6.07) is 10.7. The lowest BCUT2D eigenvalue weighted by Gasteiger charge is -2.37. The van der Waals surface area contributed by atoms with Crippen molar-refractivity contribution in [2.45, 2.75) is 25.8 Å². The molecule has 0 saturated heterocycles. The minimum Gasteiger partial charge on any atom is -0.519 e. The van der Waals surface area contributed by atoms with Gasteiger partial charge in [-0.25, -0.2) is 16.8 Å². The molecular weight excluding hydrogens is 390 g/mol. The molecule has 9 heteroatoms. The van der Waals surface area contributed by atoms with Crippen LogP contribution in [0.5, 0.6) is 5.75 Å². The normalized spacial score (nSPS) is 13.6. The van der Waals surface area contributed by atoms with Gasteiger partial charge in [-0.05, 0) is 29.7 Å². The Bertz CT molecular complexity index is 1010. The third-order valence-electron chi connectivity index (χ3n) is 4.27. The average Bonchev–Trinajstić information content (AvgIpc) is 2.48. The third kappa shape index (κ3) is 3.35. The molecule has 2 rings (SSSR count). The van der Waals surface area contributed by atoms with Gasteiger partial charge in [0, 0.05) is 35.7 Å². The Hall–Kier alpha value is -1.58. The maximum absolute atomic E-state index is 12.7. The maximum atomic E-state index is 12.7. The van der Waals surface area contributed by atoms with E-state index in [0.29, 0.717) is 5.39 Å². The van der Waals surface area contributed by atoms with Crippen LogP contribution >= 0.6 is 0 Å². The molecule has 0 aromatic heterocycles. The van der Waals surface area contributed by atoms with Crippen molar-refractivity contribution in [3.8, 4) is 5.75 Å². The summed E-state index contributed by atoms with van der Waals surface area (Å²) < 4.78 is 57.0. The first-order chi connectivity index (χ1) is 11.7. The van der Waals surface area contributed by atoms with Crippen LogP contribution in [-0.2, 0) is 18.6 Å². The molecule has 0 atom stereocenters. The molecule has 2 aromatic rings. The Morgan fingerprint density at radius 3 is 2.00 bits per heavy atom. The van der Waals surface area contributed by atoms with Crippen LogP contribution < -0.4 is 9.74 Å². The minimum absolute atomic E-state index is 0.266. The van der Waals surface area contributed by atoms with Crippen molar-refractivity contribution < 1.29 is 21.3 Å². The third-order valence-corrected chi connectivity index (χ3v) is 24.0. The number of hydrogen-bond donors (Lipinski definition) is 1. The fourth-order valence-corrected chi connectivity index (χ4v) is 21.9. The van der Waals surface area contributed by atoms with E-state index in [2.05, 4.69) is 5.32 Å². The van der Waals surface area contributed by atoms with E-state index in [0.717, 1.165) is 23.6 Å². The van der Waals surface area contributed by atoms with Crippen molar-refractivity contribution in [3.63, 3.8) is 0 Å². The fourth-order valence-electron chi connectivity index (χ4n) is 3.34. The molecule has 1 N–H and O–H groups in total. The van der Waals surface area contributed by atoms with Gasteiger partial charge >= 0.3 is 6.62 Å². The number of rotatable bonds is 5. The summed E-state index contributed by atoms with van der Waals surface area (Å²) in [7, 11) is -6.21. The van der Waals surface area contributed by atoms with Crippen molar-refractivity contribution in [3.05, 3.63) is 36.4 Å². The summed E-state index contributed by atoms with van der Waals surface area (Å²) in [5.41, 5.74) is 0.889. The molecule has 144 valence electrons. The number of anilines is 1. The van der Waals surface area contributed by atoms with Crippen LogP contribution in [0.15, 0.2) is 36.4 Å². The second-order valence-corrected chi connectivity index (χ2v) is 22.0. The number of nitrogens with one attached hydrogen (secondary N) is 1. The summed E-state index contributed by atoms with van der Waals surface area (Å²) in [6.07, 6.45) is 1.91. The lowest BCUT2D eigenvalue weighted by Crippen LogP contribution is -2.62. The van der Waals surface area contributed by atoms with Gasteiger partial charge < -0.3 is 9.74 Å². The first kappa shape index (κ1) is 20.7. The minimum atomic E-state index is -4.35. The van der Waals surface area contributed by atoms with E-state index in [1.807, 2.05) is 18.2 Å². The number of hydrogen-bond acceptors (Lipinski definition) is 6. The molecule has 0 saturated carbocycles. The highest BCUT2D eigenvalue weighted by molar-refractivity contribution is 8.50. The molecule has 0 heterocycles. The summed E-state index contributed by atoms with van der Waals surface area (Å²) in [5.74, 6) is 0.266. The molecule has 0 fully saturated rings. The topological polar surface area (TPSA) is 89.5 Å². The van der Waals surface area contributed by atoms with Gasteiger partial charge in [0.2, 0.25) is 0 Å². The average molecular weight is 416 g/mol. The molecule has 2 aromatic carbocycles. The number of fused-ring (bicyclic) bond motifs is 1. The largest absolute Gasteiger partial charge is 0.519 e. The molecule has 0 radical (unpaired) electrons. The van der Waals surface area contributed by atoms with E-state index in [1.165, 1.54) is 0 Å². The van der Waals surface area contributed by atoms with E-state index < -0.39 is 30.2 Å². The van der Waals surface area contributed by atoms with E-state index in [-0.39, 0.29) is 5.75 Å². The van der Waals surface area contributed by atoms with Crippen LogP contribution in [0.2, 0.25) is 5.04 Å². The Kier molecular flexibility index (Phi) is 5.21. The van der Waals surface area contributed by atoms with Gasteiger partial charge in [0.1, 0.15) is 5.75 Å². The van der Waals surface area contributed by atoms with Gasteiger partial charge in [0.05, 0.1) is 0 Å². The maximum Gasteiger partial charge on any atom is 0.513 e. The smallest absolute Gasteiger partial charge is 0.513 e. The quantitative estimate of drug-likeness (QED) is 0.755. The zero-order valence-corrected chi connectivity index (χ0v) is 18.5. The summed E-state index contributed by atoms with van der Waals surface area (Å²) >= 11 is 0. The molecule has 6 nitrogen and oxygen atoms in total. The summed E-state index contributed by atoms with van der Waals surface area (Å²) in [4.78, 5) is 0. The zero-order chi connectivity index (χ0) is 20.0. The van der Waals surface area contributed by atoms with E-state index in [9.17, 15) is 16.8 Å². The van der Waals surface area contributed by atoms with Crippen molar-refractivity contribution in [1.29, 1.82) is 0 Å². The van der Waals surface area contributed by atoms with Gasteiger partial charge in [0.25, 0.3) is 0 Å². The number of benzene rings is 2. The van der Waals surface area contributed by atoms with Crippen molar-refractivity contribution in [1.82, 2.24) is 0 Å². The molecule has 0 aliphatic carbocycles. The summed E-state index contributed by atoms with van der Waals surface area (Å²) in [6.45, 7) is 0.457. The highest BCUT2D eigenvalue weighted by Gasteiger charge is 2.68. The van der Waals surface area contributed by atoms with Crippen LogP contribution in [-0.4, -0.2) is 43.0 Å². The Morgan fingerprint density at radius 2 is 1.54 bits per heavy atom.